The zero-order valence-corrected chi connectivity index (χ0v) is 8.08. The van der Waals surface area contributed by atoms with Crippen LogP contribution in [0.2, 0.25) is 0 Å². The lowest BCUT2D eigenvalue weighted by molar-refractivity contribution is 0.316. The van der Waals surface area contributed by atoms with Crippen molar-refractivity contribution >= 4 is 21.6 Å². The Morgan fingerprint density at radius 1 is 1.50 bits per heavy atom. The van der Waals surface area contributed by atoms with Gasteiger partial charge in [-0.3, -0.25) is 0 Å². The van der Waals surface area contributed by atoms with E-state index in [-0.39, 0.29) is 4.83 Å². The molecule has 3 nitrogen and oxygen atoms in total. The van der Waals surface area contributed by atoms with Crippen molar-refractivity contribution in [2.24, 2.45) is 10.4 Å². The van der Waals surface area contributed by atoms with Crippen molar-refractivity contribution in [2.75, 3.05) is 0 Å². The molecule has 0 saturated carbocycles. The summed E-state index contributed by atoms with van der Waals surface area (Å²) in [6, 6.07) is 5.70. The van der Waals surface area contributed by atoms with Gasteiger partial charge in [-0.05, 0) is 30.7 Å². The Balaban J connectivity index is 2.58. The van der Waals surface area contributed by atoms with Crippen molar-refractivity contribution in [2.45, 2.75) is 11.8 Å². The van der Waals surface area contributed by atoms with Crippen LogP contribution in [-0.4, -0.2) is 0 Å². The van der Waals surface area contributed by atoms with Crippen LogP contribution in [0, 0.1) is 0 Å². The Morgan fingerprint density at radius 2 is 2.33 bits per heavy atom. The van der Waals surface area contributed by atoms with Crippen LogP contribution in [0.1, 0.15) is 17.3 Å². The molecule has 0 fully saturated rings. The first kappa shape index (κ1) is 7.73. The molecule has 1 aromatic carbocycles. The molecule has 62 valence electrons. The predicted octanol–water partition coefficient (Wildman–Crippen LogP) is 3.53. The fraction of sp³-hybridized carbons (Fsp3) is 0.250. The Bertz CT molecular complexity index is 336. The van der Waals surface area contributed by atoms with Gasteiger partial charge in [0.1, 0.15) is 0 Å². The molecule has 0 saturated heterocycles. The Labute approximate surface area is 78.5 Å². The highest BCUT2D eigenvalue weighted by atomic mass is 79.9. The molecule has 2 aliphatic rings. The van der Waals surface area contributed by atoms with Crippen molar-refractivity contribution in [3.63, 3.8) is 0 Å². The molecule has 1 atom stereocenters. The summed E-state index contributed by atoms with van der Waals surface area (Å²) < 4.78 is 0. The minimum absolute atomic E-state index is 0.271. The van der Waals surface area contributed by atoms with Gasteiger partial charge in [0.2, 0.25) is 0 Å². The number of nitrogens with zero attached hydrogens (tertiary/aromatic N) is 2. The van der Waals surface area contributed by atoms with Crippen LogP contribution < -0.4 is 4.84 Å². The molecule has 1 unspecified atom stereocenters. The van der Waals surface area contributed by atoms with Crippen molar-refractivity contribution < 1.29 is 4.84 Å². The quantitative estimate of drug-likeness (QED) is 0.675. The third-order valence-corrected chi connectivity index (χ3v) is 2.22. The summed E-state index contributed by atoms with van der Waals surface area (Å²) >= 11 is 3.48. The number of rotatable bonds is 1. The van der Waals surface area contributed by atoms with E-state index in [1.165, 1.54) is 0 Å². The summed E-state index contributed by atoms with van der Waals surface area (Å²) in [4.78, 5) is 5.22. The van der Waals surface area contributed by atoms with Gasteiger partial charge in [-0.1, -0.05) is 15.9 Å². The third kappa shape index (κ3) is 1.22. The van der Waals surface area contributed by atoms with Crippen molar-refractivity contribution in [1.82, 2.24) is 0 Å². The normalized spacial score (nSPS) is 15.5. The molecule has 0 spiro atoms. The van der Waals surface area contributed by atoms with E-state index in [4.69, 9.17) is 4.84 Å². The van der Waals surface area contributed by atoms with E-state index < -0.39 is 0 Å². The predicted molar refractivity (Wildman–Crippen MR) is 48.9 cm³/mol. The summed E-state index contributed by atoms with van der Waals surface area (Å²) in [6.45, 7) is 2.05. The number of halogens is 1. The smallest absolute Gasteiger partial charge is 0.160 e. The van der Waals surface area contributed by atoms with Crippen LogP contribution in [0.4, 0.5) is 5.69 Å². The maximum Gasteiger partial charge on any atom is 0.160 e. The first-order valence-electron chi connectivity index (χ1n) is 3.63. The summed E-state index contributed by atoms with van der Waals surface area (Å²) in [7, 11) is 0. The van der Waals surface area contributed by atoms with Gasteiger partial charge in [0, 0.05) is 10.1 Å². The fourth-order valence-corrected chi connectivity index (χ4v) is 1.48. The molecule has 0 radical (unpaired) electrons. The van der Waals surface area contributed by atoms with Gasteiger partial charge in [0.15, 0.2) is 5.75 Å². The number of fused-ring (bicyclic) bond motifs is 3. The first-order chi connectivity index (χ1) is 5.77. The Kier molecular flexibility index (Phi) is 1.84. The molecule has 0 amide bonds. The van der Waals surface area contributed by atoms with Gasteiger partial charge >= 0.3 is 0 Å². The van der Waals surface area contributed by atoms with Crippen molar-refractivity contribution in [3.8, 4) is 5.75 Å². The third-order valence-electron chi connectivity index (χ3n) is 1.72. The average molecular weight is 227 g/mol. The maximum atomic E-state index is 4.94. The molecule has 1 aromatic rings. The van der Waals surface area contributed by atoms with Gasteiger partial charge in [0.25, 0.3) is 0 Å². The highest BCUT2D eigenvalue weighted by molar-refractivity contribution is 9.09. The zero-order valence-electron chi connectivity index (χ0n) is 6.49. The van der Waals surface area contributed by atoms with Crippen molar-refractivity contribution in [3.05, 3.63) is 23.8 Å². The largest absolute Gasteiger partial charge is 0.339 e. The van der Waals surface area contributed by atoms with E-state index in [1.807, 2.05) is 25.1 Å². The minimum atomic E-state index is 0.271. The van der Waals surface area contributed by atoms with Gasteiger partial charge in [-0.15, -0.1) is 5.11 Å². The number of hydrogen-bond donors (Lipinski definition) is 0. The van der Waals surface area contributed by atoms with E-state index in [0.717, 1.165) is 17.0 Å². The highest BCUT2D eigenvalue weighted by Crippen LogP contribution is 2.36. The van der Waals surface area contributed by atoms with E-state index in [2.05, 4.69) is 26.3 Å². The second-order valence-electron chi connectivity index (χ2n) is 2.61. The Morgan fingerprint density at radius 3 is 3.08 bits per heavy atom. The number of benzene rings is 1. The molecule has 4 heteroatoms. The second kappa shape index (κ2) is 2.86. The monoisotopic (exact) mass is 226 g/mol. The minimum Gasteiger partial charge on any atom is -0.339 e. The van der Waals surface area contributed by atoms with Crippen LogP contribution in [0.5, 0.6) is 5.75 Å². The first-order valence-corrected chi connectivity index (χ1v) is 4.55. The van der Waals surface area contributed by atoms with E-state index in [9.17, 15) is 0 Å². The van der Waals surface area contributed by atoms with Crippen LogP contribution in [0.3, 0.4) is 0 Å². The molecule has 0 aromatic heterocycles. The lowest BCUT2D eigenvalue weighted by Crippen LogP contribution is -1.83. The second-order valence-corrected chi connectivity index (χ2v) is 3.98. The lowest BCUT2D eigenvalue weighted by atomic mass is 10.1. The lowest BCUT2D eigenvalue weighted by Gasteiger charge is -2.04. The fourth-order valence-electron chi connectivity index (χ4n) is 1.11. The van der Waals surface area contributed by atoms with E-state index >= 15 is 0 Å². The molecule has 0 N–H and O–H groups in total. The number of hydrogen-bond acceptors (Lipinski definition) is 3. The van der Waals surface area contributed by atoms with E-state index in [1.54, 1.807) is 0 Å². The summed E-state index contributed by atoms with van der Waals surface area (Å²) in [6.07, 6.45) is 0. The van der Waals surface area contributed by atoms with Crippen LogP contribution >= 0.6 is 15.9 Å². The molecule has 0 aliphatic carbocycles. The average Bonchev–Trinajstić information content (AvgIpc) is 2.36. The van der Waals surface area contributed by atoms with E-state index in [0.29, 0.717) is 0 Å². The summed E-state index contributed by atoms with van der Waals surface area (Å²) in [5, 5.41) is 7.44. The topological polar surface area (TPSA) is 34.0 Å². The molecule has 2 bridgehead atoms. The number of alkyl halides is 1. The SMILES string of the molecule is CC(Br)c1cc2ccc1N=NO2. The molecule has 2 heterocycles. The summed E-state index contributed by atoms with van der Waals surface area (Å²) in [5.41, 5.74) is 1.97. The molecular formula is C8H7BrN2O. The maximum absolute atomic E-state index is 4.94. The molecule has 3 rings (SSSR count). The van der Waals surface area contributed by atoms with Crippen LogP contribution in [0.15, 0.2) is 28.6 Å². The van der Waals surface area contributed by atoms with Crippen molar-refractivity contribution in [1.29, 1.82) is 0 Å². The van der Waals surface area contributed by atoms with Crippen LogP contribution in [0.25, 0.3) is 0 Å². The molecule has 2 aliphatic heterocycles. The highest BCUT2D eigenvalue weighted by Gasteiger charge is 2.12. The van der Waals surface area contributed by atoms with Gasteiger partial charge in [0.05, 0.1) is 5.69 Å². The molecular weight excluding hydrogens is 220 g/mol. The van der Waals surface area contributed by atoms with Gasteiger partial charge < -0.3 is 4.84 Å². The Hall–Kier alpha value is -0.900. The molecule has 12 heavy (non-hydrogen) atoms. The van der Waals surface area contributed by atoms with Crippen LogP contribution in [-0.2, 0) is 0 Å². The zero-order chi connectivity index (χ0) is 8.55. The summed E-state index contributed by atoms with van der Waals surface area (Å²) in [5.74, 6) is 0.737. The van der Waals surface area contributed by atoms with Gasteiger partial charge in [-0.2, -0.15) is 0 Å². The van der Waals surface area contributed by atoms with Gasteiger partial charge in [-0.25, -0.2) is 0 Å². The standard InChI is InChI=1S/C8H7BrN2O/c1-5(9)7-4-6-2-3-8(7)10-11-12-6/h2-5H,1H3.